The molecule has 0 saturated heterocycles. The maximum atomic E-state index is 12.6. The molecule has 1 nitrogen and oxygen atoms in total. The fourth-order valence-corrected chi connectivity index (χ4v) is 1.98. The lowest BCUT2D eigenvalue weighted by atomic mass is 10.1. The first-order valence-electron chi connectivity index (χ1n) is 4.98. The summed E-state index contributed by atoms with van der Waals surface area (Å²) in [5.74, 6) is 0.891. The highest BCUT2D eigenvalue weighted by molar-refractivity contribution is 8.00. The molecular formula is C12H15FOS. The number of ketones is 1. The second-order valence-electron chi connectivity index (χ2n) is 3.88. The van der Waals surface area contributed by atoms with E-state index in [1.807, 2.05) is 13.8 Å². The van der Waals surface area contributed by atoms with Gasteiger partial charge in [0.05, 0.1) is 5.75 Å². The molecule has 0 heterocycles. The van der Waals surface area contributed by atoms with Crippen molar-refractivity contribution >= 4 is 17.5 Å². The molecule has 0 saturated carbocycles. The number of carbonyl (C=O) groups is 1. The Kier molecular flexibility index (Phi) is 4.82. The normalized spacial score (nSPS) is 10.7. The Morgan fingerprint density at radius 1 is 1.33 bits per heavy atom. The van der Waals surface area contributed by atoms with Crippen LogP contribution in [0.5, 0.6) is 0 Å². The van der Waals surface area contributed by atoms with Gasteiger partial charge >= 0.3 is 0 Å². The van der Waals surface area contributed by atoms with Crippen LogP contribution in [-0.4, -0.2) is 11.5 Å². The molecule has 0 aliphatic heterocycles. The number of hydrogen-bond donors (Lipinski definition) is 0. The summed E-state index contributed by atoms with van der Waals surface area (Å²) in [5, 5.41) is 0. The molecule has 0 fully saturated rings. The fraction of sp³-hybridized carbons (Fsp3) is 0.417. The van der Waals surface area contributed by atoms with E-state index in [-0.39, 0.29) is 11.6 Å². The first-order valence-corrected chi connectivity index (χ1v) is 5.96. The molecule has 15 heavy (non-hydrogen) atoms. The standard InChI is InChI=1S/C12H15FOS/c1-9(2)7-11(14)8-15-12-5-3-10(13)4-6-12/h3-6,9H,7-8H2,1-2H3. The first kappa shape index (κ1) is 12.2. The molecule has 0 amide bonds. The average Bonchev–Trinajstić information content (AvgIpc) is 2.16. The molecule has 0 unspecified atom stereocenters. The van der Waals surface area contributed by atoms with E-state index >= 15 is 0 Å². The van der Waals surface area contributed by atoms with Gasteiger partial charge in [0.1, 0.15) is 11.6 Å². The van der Waals surface area contributed by atoms with E-state index < -0.39 is 0 Å². The molecule has 0 N–H and O–H groups in total. The van der Waals surface area contributed by atoms with Crippen LogP contribution < -0.4 is 0 Å². The minimum Gasteiger partial charge on any atom is -0.299 e. The second-order valence-corrected chi connectivity index (χ2v) is 4.93. The summed E-state index contributed by atoms with van der Waals surface area (Å²) in [6.45, 7) is 4.06. The number of carbonyl (C=O) groups excluding carboxylic acids is 1. The summed E-state index contributed by atoms with van der Waals surface area (Å²) in [5.41, 5.74) is 0. The van der Waals surface area contributed by atoms with Crippen molar-refractivity contribution in [2.24, 2.45) is 5.92 Å². The van der Waals surface area contributed by atoms with Crippen LogP contribution in [0, 0.1) is 11.7 Å². The van der Waals surface area contributed by atoms with Gasteiger partial charge in [-0.15, -0.1) is 11.8 Å². The van der Waals surface area contributed by atoms with Crippen molar-refractivity contribution in [3.63, 3.8) is 0 Å². The fourth-order valence-electron chi connectivity index (χ4n) is 1.21. The molecule has 82 valence electrons. The van der Waals surface area contributed by atoms with Crippen LogP contribution >= 0.6 is 11.8 Å². The lowest BCUT2D eigenvalue weighted by Crippen LogP contribution is -2.05. The van der Waals surface area contributed by atoms with Gasteiger partial charge in [0, 0.05) is 11.3 Å². The molecule has 1 rings (SSSR count). The van der Waals surface area contributed by atoms with Gasteiger partial charge in [-0.25, -0.2) is 4.39 Å². The van der Waals surface area contributed by atoms with Gasteiger partial charge < -0.3 is 0 Å². The zero-order valence-corrected chi connectivity index (χ0v) is 9.81. The van der Waals surface area contributed by atoms with E-state index in [1.165, 1.54) is 23.9 Å². The van der Waals surface area contributed by atoms with Crippen molar-refractivity contribution in [1.29, 1.82) is 0 Å². The molecule has 1 aromatic carbocycles. The molecule has 0 aromatic heterocycles. The van der Waals surface area contributed by atoms with E-state index in [9.17, 15) is 9.18 Å². The van der Waals surface area contributed by atoms with Crippen molar-refractivity contribution in [1.82, 2.24) is 0 Å². The summed E-state index contributed by atoms with van der Waals surface area (Å²) in [6.07, 6.45) is 0.619. The summed E-state index contributed by atoms with van der Waals surface area (Å²) < 4.78 is 12.6. The third-order valence-electron chi connectivity index (χ3n) is 1.85. The molecule has 1 aromatic rings. The largest absolute Gasteiger partial charge is 0.299 e. The smallest absolute Gasteiger partial charge is 0.143 e. The van der Waals surface area contributed by atoms with Crippen LogP contribution in [0.1, 0.15) is 20.3 Å². The predicted molar refractivity (Wildman–Crippen MR) is 61.6 cm³/mol. The molecule has 3 heteroatoms. The van der Waals surface area contributed by atoms with E-state index in [4.69, 9.17) is 0 Å². The molecule has 0 spiro atoms. The Morgan fingerprint density at radius 3 is 2.47 bits per heavy atom. The second kappa shape index (κ2) is 5.91. The summed E-state index contributed by atoms with van der Waals surface area (Å²) in [6, 6.07) is 6.22. The number of thioether (sulfide) groups is 1. The summed E-state index contributed by atoms with van der Waals surface area (Å²) >= 11 is 1.46. The third kappa shape index (κ3) is 4.98. The quantitative estimate of drug-likeness (QED) is 0.714. The van der Waals surface area contributed by atoms with Crippen LogP contribution in [0.3, 0.4) is 0 Å². The topological polar surface area (TPSA) is 17.1 Å². The van der Waals surface area contributed by atoms with Crippen LogP contribution in [-0.2, 0) is 4.79 Å². The number of Topliss-reactive ketones (excluding diaryl/α,β-unsaturated/α-hetero) is 1. The zero-order chi connectivity index (χ0) is 11.3. The maximum absolute atomic E-state index is 12.6. The minimum atomic E-state index is -0.243. The number of hydrogen-bond acceptors (Lipinski definition) is 2. The van der Waals surface area contributed by atoms with Gasteiger partial charge in [0.25, 0.3) is 0 Å². The summed E-state index contributed by atoms with van der Waals surface area (Å²) in [7, 11) is 0. The van der Waals surface area contributed by atoms with Gasteiger partial charge in [-0.05, 0) is 30.2 Å². The molecule has 0 bridgehead atoms. The van der Waals surface area contributed by atoms with Crippen molar-refractivity contribution < 1.29 is 9.18 Å². The van der Waals surface area contributed by atoms with Crippen LogP contribution in [0.4, 0.5) is 4.39 Å². The van der Waals surface area contributed by atoms with Gasteiger partial charge in [-0.1, -0.05) is 13.8 Å². The van der Waals surface area contributed by atoms with Crippen molar-refractivity contribution in [2.45, 2.75) is 25.2 Å². The van der Waals surface area contributed by atoms with Crippen LogP contribution in [0.2, 0.25) is 0 Å². The lowest BCUT2D eigenvalue weighted by Gasteiger charge is -2.03. The van der Waals surface area contributed by atoms with E-state index in [1.54, 1.807) is 12.1 Å². The van der Waals surface area contributed by atoms with Crippen molar-refractivity contribution in [3.05, 3.63) is 30.1 Å². The van der Waals surface area contributed by atoms with Gasteiger partial charge in [0.15, 0.2) is 0 Å². The Bertz CT molecular complexity index is 319. The third-order valence-corrected chi connectivity index (χ3v) is 2.92. The molecular weight excluding hydrogens is 211 g/mol. The van der Waals surface area contributed by atoms with Crippen LogP contribution in [0.15, 0.2) is 29.2 Å². The minimum absolute atomic E-state index is 0.243. The predicted octanol–water partition coefficient (Wildman–Crippen LogP) is 3.53. The summed E-state index contributed by atoms with van der Waals surface area (Å²) in [4.78, 5) is 12.3. The Balaban J connectivity index is 2.37. The lowest BCUT2D eigenvalue weighted by molar-refractivity contribution is -0.117. The SMILES string of the molecule is CC(C)CC(=O)CSc1ccc(F)cc1. The van der Waals surface area contributed by atoms with E-state index in [0.717, 1.165) is 4.90 Å². The van der Waals surface area contributed by atoms with Gasteiger partial charge in [-0.3, -0.25) is 4.79 Å². The molecule has 0 aliphatic rings. The number of rotatable bonds is 5. The van der Waals surface area contributed by atoms with Crippen molar-refractivity contribution in [2.75, 3.05) is 5.75 Å². The Morgan fingerprint density at radius 2 is 1.93 bits per heavy atom. The Hall–Kier alpha value is -0.830. The highest BCUT2D eigenvalue weighted by Gasteiger charge is 2.05. The van der Waals surface area contributed by atoms with E-state index in [0.29, 0.717) is 18.1 Å². The maximum Gasteiger partial charge on any atom is 0.143 e. The number of halogens is 1. The highest BCUT2D eigenvalue weighted by atomic mass is 32.2. The Labute approximate surface area is 94.1 Å². The van der Waals surface area contributed by atoms with Crippen LogP contribution in [0.25, 0.3) is 0 Å². The first-order chi connectivity index (χ1) is 7.08. The molecule has 0 radical (unpaired) electrons. The van der Waals surface area contributed by atoms with E-state index in [2.05, 4.69) is 0 Å². The highest BCUT2D eigenvalue weighted by Crippen LogP contribution is 2.19. The average molecular weight is 226 g/mol. The van der Waals surface area contributed by atoms with Gasteiger partial charge in [0.2, 0.25) is 0 Å². The van der Waals surface area contributed by atoms with Gasteiger partial charge in [-0.2, -0.15) is 0 Å². The van der Waals surface area contributed by atoms with Crippen molar-refractivity contribution in [3.8, 4) is 0 Å². The zero-order valence-electron chi connectivity index (χ0n) is 9.00. The monoisotopic (exact) mass is 226 g/mol. The number of benzene rings is 1. The molecule has 0 aliphatic carbocycles. The molecule has 0 atom stereocenters.